The number of hydrogen-bond acceptors (Lipinski definition) is 1. The standard InChI is InChI=1S/C14H9F5O/c15-12-3-1-2-11(13(12)16)10-5-4-9(14(17,18)19)6-8(10)7-20/h1-6,20H,7H2. The fourth-order valence-electron chi connectivity index (χ4n) is 1.88. The highest BCUT2D eigenvalue weighted by Gasteiger charge is 2.31. The molecule has 2 aromatic carbocycles. The van der Waals surface area contributed by atoms with Crippen molar-refractivity contribution in [3.63, 3.8) is 0 Å². The Morgan fingerprint density at radius 1 is 0.950 bits per heavy atom. The largest absolute Gasteiger partial charge is 0.416 e. The second-order valence-electron chi connectivity index (χ2n) is 4.13. The molecule has 0 heterocycles. The molecule has 0 bridgehead atoms. The van der Waals surface area contributed by atoms with Crippen LogP contribution in [0.15, 0.2) is 36.4 Å². The molecule has 1 N–H and O–H groups in total. The highest BCUT2D eigenvalue weighted by atomic mass is 19.4. The Hall–Kier alpha value is -1.95. The minimum atomic E-state index is -4.57. The summed E-state index contributed by atoms with van der Waals surface area (Å²) in [4.78, 5) is 0. The maximum atomic E-state index is 13.7. The molecular formula is C14H9F5O. The molecule has 6 heteroatoms. The van der Waals surface area contributed by atoms with Gasteiger partial charge >= 0.3 is 6.18 Å². The molecule has 0 aliphatic carbocycles. The predicted octanol–water partition coefficient (Wildman–Crippen LogP) is 4.14. The molecule has 20 heavy (non-hydrogen) atoms. The van der Waals surface area contributed by atoms with Gasteiger partial charge in [-0.2, -0.15) is 13.2 Å². The van der Waals surface area contributed by atoms with Crippen LogP contribution < -0.4 is 0 Å². The van der Waals surface area contributed by atoms with Gasteiger partial charge in [-0.05, 0) is 29.3 Å². The molecule has 0 saturated heterocycles. The summed E-state index contributed by atoms with van der Waals surface area (Å²) in [5, 5.41) is 9.15. The van der Waals surface area contributed by atoms with Gasteiger partial charge in [0.1, 0.15) is 0 Å². The summed E-state index contributed by atoms with van der Waals surface area (Å²) >= 11 is 0. The zero-order valence-corrected chi connectivity index (χ0v) is 10.0. The van der Waals surface area contributed by atoms with Crippen LogP contribution in [0.3, 0.4) is 0 Å². The highest BCUT2D eigenvalue weighted by Crippen LogP contribution is 2.34. The van der Waals surface area contributed by atoms with E-state index in [0.29, 0.717) is 0 Å². The van der Waals surface area contributed by atoms with Gasteiger partial charge in [-0.1, -0.05) is 18.2 Å². The summed E-state index contributed by atoms with van der Waals surface area (Å²) in [5.74, 6) is -2.27. The first-order chi connectivity index (χ1) is 9.34. The maximum absolute atomic E-state index is 13.7. The first kappa shape index (κ1) is 14.5. The molecule has 1 nitrogen and oxygen atoms in total. The number of halogens is 5. The van der Waals surface area contributed by atoms with Crippen LogP contribution >= 0.6 is 0 Å². The molecule has 0 spiro atoms. The van der Waals surface area contributed by atoms with Crippen molar-refractivity contribution in [2.75, 3.05) is 0 Å². The Labute approximate surface area is 111 Å². The summed E-state index contributed by atoms with van der Waals surface area (Å²) in [6, 6.07) is 5.89. The molecule has 0 atom stereocenters. The number of aliphatic hydroxyl groups excluding tert-OH is 1. The lowest BCUT2D eigenvalue weighted by Crippen LogP contribution is -2.06. The van der Waals surface area contributed by atoms with Gasteiger partial charge in [-0.15, -0.1) is 0 Å². The van der Waals surface area contributed by atoms with E-state index in [9.17, 15) is 22.0 Å². The van der Waals surface area contributed by atoms with Gasteiger partial charge in [0.05, 0.1) is 12.2 Å². The summed E-state index contributed by atoms with van der Waals surface area (Å²) < 4.78 is 64.5. The van der Waals surface area contributed by atoms with Crippen molar-refractivity contribution in [3.8, 4) is 11.1 Å². The highest BCUT2D eigenvalue weighted by molar-refractivity contribution is 5.68. The molecule has 106 valence electrons. The lowest BCUT2D eigenvalue weighted by molar-refractivity contribution is -0.137. The van der Waals surface area contributed by atoms with Crippen LogP contribution in [0, 0.1) is 11.6 Å². The zero-order chi connectivity index (χ0) is 14.9. The second kappa shape index (κ2) is 5.20. The maximum Gasteiger partial charge on any atom is 0.416 e. The SMILES string of the molecule is OCc1cc(C(F)(F)F)ccc1-c1cccc(F)c1F. The molecule has 0 saturated carbocycles. The third kappa shape index (κ3) is 2.65. The van der Waals surface area contributed by atoms with Crippen LogP contribution in [0.2, 0.25) is 0 Å². The van der Waals surface area contributed by atoms with E-state index in [1.807, 2.05) is 0 Å². The van der Waals surface area contributed by atoms with Crippen LogP contribution in [0.25, 0.3) is 11.1 Å². The Morgan fingerprint density at radius 2 is 1.65 bits per heavy atom. The van der Waals surface area contributed by atoms with Gasteiger partial charge in [0, 0.05) is 5.56 Å². The van der Waals surface area contributed by atoms with Crippen LogP contribution in [0.1, 0.15) is 11.1 Å². The monoisotopic (exact) mass is 288 g/mol. The summed E-state index contributed by atoms with van der Waals surface area (Å²) in [5.41, 5.74) is -1.24. The van der Waals surface area contributed by atoms with Crippen LogP contribution in [0.4, 0.5) is 22.0 Å². The molecule has 0 amide bonds. The van der Waals surface area contributed by atoms with Crippen molar-refractivity contribution in [1.29, 1.82) is 0 Å². The van der Waals surface area contributed by atoms with Crippen LogP contribution in [0.5, 0.6) is 0 Å². The van der Waals surface area contributed by atoms with Gasteiger partial charge in [0.15, 0.2) is 11.6 Å². The number of benzene rings is 2. The van der Waals surface area contributed by atoms with E-state index in [0.717, 1.165) is 24.3 Å². The van der Waals surface area contributed by atoms with Crippen LogP contribution in [-0.4, -0.2) is 5.11 Å². The van der Waals surface area contributed by atoms with E-state index in [-0.39, 0.29) is 16.7 Å². The van der Waals surface area contributed by atoms with Gasteiger partial charge in [-0.3, -0.25) is 0 Å². The van der Waals surface area contributed by atoms with Crippen molar-refractivity contribution in [1.82, 2.24) is 0 Å². The van der Waals surface area contributed by atoms with Crippen molar-refractivity contribution in [2.45, 2.75) is 12.8 Å². The fraction of sp³-hybridized carbons (Fsp3) is 0.143. The van der Waals surface area contributed by atoms with E-state index in [1.54, 1.807) is 0 Å². The van der Waals surface area contributed by atoms with E-state index in [1.165, 1.54) is 12.1 Å². The molecule has 0 aromatic heterocycles. The topological polar surface area (TPSA) is 20.2 Å². The molecule has 0 unspecified atom stereocenters. The molecule has 2 aromatic rings. The lowest BCUT2D eigenvalue weighted by atomic mass is 9.97. The van der Waals surface area contributed by atoms with E-state index < -0.39 is 30.0 Å². The normalized spacial score (nSPS) is 11.7. The number of hydrogen-bond donors (Lipinski definition) is 1. The van der Waals surface area contributed by atoms with Gasteiger partial charge in [-0.25, -0.2) is 8.78 Å². The van der Waals surface area contributed by atoms with Crippen molar-refractivity contribution in [3.05, 3.63) is 59.2 Å². The summed E-state index contributed by atoms with van der Waals surface area (Å²) in [7, 11) is 0. The Bertz CT molecular complexity index is 634. The quantitative estimate of drug-likeness (QED) is 0.823. The minimum absolute atomic E-state index is 0.0255. The van der Waals surface area contributed by atoms with Crippen LogP contribution in [-0.2, 0) is 12.8 Å². The number of alkyl halides is 3. The summed E-state index contributed by atoms with van der Waals surface area (Å²) in [6.45, 7) is -0.713. The van der Waals surface area contributed by atoms with Crippen molar-refractivity contribution in [2.24, 2.45) is 0 Å². The Morgan fingerprint density at radius 3 is 2.25 bits per heavy atom. The smallest absolute Gasteiger partial charge is 0.392 e. The van der Waals surface area contributed by atoms with Crippen molar-refractivity contribution < 1.29 is 27.1 Å². The number of aliphatic hydroxyl groups is 1. The number of rotatable bonds is 2. The second-order valence-corrected chi connectivity index (χ2v) is 4.13. The average molecular weight is 288 g/mol. The van der Waals surface area contributed by atoms with Gasteiger partial charge in [0.25, 0.3) is 0 Å². The molecular weight excluding hydrogens is 279 g/mol. The molecule has 0 fully saturated rings. The molecule has 0 aliphatic rings. The molecule has 2 rings (SSSR count). The first-order valence-corrected chi connectivity index (χ1v) is 5.60. The lowest BCUT2D eigenvalue weighted by Gasteiger charge is -2.13. The van der Waals surface area contributed by atoms with Crippen molar-refractivity contribution >= 4 is 0 Å². The molecule has 0 aliphatic heterocycles. The minimum Gasteiger partial charge on any atom is -0.392 e. The Balaban J connectivity index is 2.61. The van der Waals surface area contributed by atoms with E-state index in [2.05, 4.69) is 0 Å². The zero-order valence-electron chi connectivity index (χ0n) is 10.0. The van der Waals surface area contributed by atoms with E-state index in [4.69, 9.17) is 5.11 Å². The average Bonchev–Trinajstić information content (AvgIpc) is 2.40. The predicted molar refractivity (Wildman–Crippen MR) is 62.7 cm³/mol. The third-order valence-corrected chi connectivity index (χ3v) is 2.84. The summed E-state index contributed by atoms with van der Waals surface area (Å²) in [6.07, 6.45) is -4.57. The first-order valence-electron chi connectivity index (χ1n) is 5.60. The van der Waals surface area contributed by atoms with Gasteiger partial charge in [0.2, 0.25) is 0 Å². The Kier molecular flexibility index (Phi) is 3.76. The fourth-order valence-corrected chi connectivity index (χ4v) is 1.88. The van der Waals surface area contributed by atoms with E-state index >= 15 is 0 Å². The van der Waals surface area contributed by atoms with Gasteiger partial charge < -0.3 is 5.11 Å². The molecule has 0 radical (unpaired) electrons. The third-order valence-electron chi connectivity index (χ3n) is 2.84.